The molecule has 0 saturated heterocycles. The van der Waals surface area contributed by atoms with E-state index >= 15 is 0 Å². The van der Waals surface area contributed by atoms with E-state index < -0.39 is 5.97 Å². The van der Waals surface area contributed by atoms with Gasteiger partial charge in [0.25, 0.3) is 0 Å². The van der Waals surface area contributed by atoms with Gasteiger partial charge in [0, 0.05) is 6.42 Å². The van der Waals surface area contributed by atoms with E-state index in [-0.39, 0.29) is 0 Å². The lowest BCUT2D eigenvalue weighted by Gasteiger charge is -2.00. The number of hydrogen-bond acceptors (Lipinski definition) is 1. The smallest absolute Gasteiger partial charge is 0.303 e. The lowest BCUT2D eigenvalue weighted by Crippen LogP contribution is -1.93. The molecule has 20 heavy (non-hydrogen) atoms. The molecule has 0 aromatic heterocycles. The SMILES string of the molecule is CCCCCC/C=C\CCCCCCCCC[13C](=O)O. The van der Waals surface area contributed by atoms with Crippen LogP contribution in [0.5, 0.6) is 0 Å². The van der Waals surface area contributed by atoms with Gasteiger partial charge in [0.2, 0.25) is 0 Å². The van der Waals surface area contributed by atoms with Crippen LogP contribution in [-0.2, 0) is 4.79 Å². The second-order valence-electron chi connectivity index (χ2n) is 5.73. The van der Waals surface area contributed by atoms with Crippen LogP contribution in [0.2, 0.25) is 0 Å². The van der Waals surface area contributed by atoms with Gasteiger partial charge in [0.05, 0.1) is 0 Å². The Labute approximate surface area is 125 Å². The summed E-state index contributed by atoms with van der Waals surface area (Å²) in [5.74, 6) is -0.661. The molecule has 0 aliphatic heterocycles. The summed E-state index contributed by atoms with van der Waals surface area (Å²) in [6.45, 7) is 2.25. The van der Waals surface area contributed by atoms with Gasteiger partial charge in [-0.1, -0.05) is 70.4 Å². The first kappa shape index (κ1) is 19.2. The molecule has 0 heterocycles. The third-order valence-electron chi connectivity index (χ3n) is 3.65. The predicted octanol–water partition coefficient (Wildman–Crippen LogP) is 6.11. The quantitative estimate of drug-likeness (QED) is 0.224. The Morgan fingerprint density at radius 1 is 0.750 bits per heavy atom. The summed E-state index contributed by atoms with van der Waals surface area (Å²) in [6, 6.07) is 0. The first-order valence-electron chi connectivity index (χ1n) is 8.64. The summed E-state index contributed by atoms with van der Waals surface area (Å²) in [7, 11) is 0. The normalized spacial score (nSPS) is 11.2. The molecule has 0 aliphatic rings. The van der Waals surface area contributed by atoms with Gasteiger partial charge in [0.1, 0.15) is 0 Å². The Kier molecular flexibility index (Phi) is 15.6. The molecule has 0 radical (unpaired) electrons. The molecule has 0 aromatic rings. The third kappa shape index (κ3) is 17.2. The zero-order chi connectivity index (χ0) is 14.9. The van der Waals surface area contributed by atoms with Gasteiger partial charge in [-0.15, -0.1) is 0 Å². The number of rotatable bonds is 15. The third-order valence-corrected chi connectivity index (χ3v) is 3.65. The first-order chi connectivity index (χ1) is 9.77. The van der Waals surface area contributed by atoms with Gasteiger partial charge in [-0.3, -0.25) is 4.79 Å². The Balaban J connectivity index is 3.05. The van der Waals surface area contributed by atoms with E-state index in [1.165, 1.54) is 70.6 Å². The van der Waals surface area contributed by atoms with Gasteiger partial charge in [0.15, 0.2) is 0 Å². The van der Waals surface area contributed by atoms with Gasteiger partial charge >= 0.3 is 5.97 Å². The molecule has 0 unspecified atom stereocenters. The molecule has 0 fully saturated rings. The predicted molar refractivity (Wildman–Crippen MR) is 87.1 cm³/mol. The molecule has 1 N–H and O–H groups in total. The van der Waals surface area contributed by atoms with Crippen molar-refractivity contribution in [2.75, 3.05) is 0 Å². The number of carbonyl (C=O) groups is 1. The zero-order valence-corrected chi connectivity index (χ0v) is 13.4. The number of allylic oxidation sites excluding steroid dienone is 2. The Morgan fingerprint density at radius 3 is 1.70 bits per heavy atom. The van der Waals surface area contributed by atoms with Crippen molar-refractivity contribution in [3.05, 3.63) is 12.2 Å². The standard InChI is InChI=1S/C18H34O2/c1-2-3-4-5-6-7-8-9-10-11-12-13-14-15-16-17-18(19)20/h7-8H,2-6,9-17H2,1H3,(H,19,20)/b8-7-/i18+1. The Bertz CT molecular complexity index is 234. The van der Waals surface area contributed by atoms with Crippen LogP contribution >= 0.6 is 0 Å². The number of unbranched alkanes of at least 4 members (excludes halogenated alkanes) is 11. The molecular weight excluding hydrogens is 249 g/mol. The van der Waals surface area contributed by atoms with E-state index in [4.69, 9.17) is 5.11 Å². The van der Waals surface area contributed by atoms with Crippen molar-refractivity contribution >= 4 is 5.97 Å². The average molecular weight is 283 g/mol. The molecule has 2 nitrogen and oxygen atoms in total. The maximum Gasteiger partial charge on any atom is 0.303 e. The van der Waals surface area contributed by atoms with Crippen LogP contribution in [0.3, 0.4) is 0 Å². The maximum atomic E-state index is 10.3. The summed E-state index contributed by atoms with van der Waals surface area (Å²) in [4.78, 5) is 10.3. The number of carboxylic acids is 1. The van der Waals surface area contributed by atoms with E-state index in [1.54, 1.807) is 0 Å². The minimum atomic E-state index is -0.661. The van der Waals surface area contributed by atoms with Crippen LogP contribution in [-0.4, -0.2) is 11.1 Å². The van der Waals surface area contributed by atoms with Crippen LogP contribution in [0, 0.1) is 0 Å². The van der Waals surface area contributed by atoms with E-state index in [2.05, 4.69) is 19.1 Å². The molecule has 0 spiro atoms. The second-order valence-corrected chi connectivity index (χ2v) is 5.73. The highest BCUT2D eigenvalue weighted by atomic mass is 16.5. The van der Waals surface area contributed by atoms with Crippen molar-refractivity contribution in [3.8, 4) is 0 Å². The highest BCUT2D eigenvalue weighted by Gasteiger charge is 1.96. The minimum absolute atomic E-state index is 0.336. The molecule has 0 rings (SSSR count). The zero-order valence-electron chi connectivity index (χ0n) is 13.4. The summed E-state index contributed by atoms with van der Waals surface area (Å²) >= 11 is 0. The van der Waals surface area contributed by atoms with Crippen LogP contribution in [0.15, 0.2) is 12.2 Å². The van der Waals surface area contributed by atoms with E-state index in [0.717, 1.165) is 12.8 Å². The Hall–Kier alpha value is -0.790. The fraction of sp³-hybridized carbons (Fsp3) is 0.833. The summed E-state index contributed by atoms with van der Waals surface area (Å²) in [5, 5.41) is 8.51. The van der Waals surface area contributed by atoms with Crippen molar-refractivity contribution in [3.63, 3.8) is 0 Å². The molecule has 118 valence electrons. The molecule has 0 aromatic carbocycles. The Morgan fingerprint density at radius 2 is 1.20 bits per heavy atom. The van der Waals surface area contributed by atoms with Gasteiger partial charge in [-0.2, -0.15) is 0 Å². The van der Waals surface area contributed by atoms with Crippen molar-refractivity contribution in [1.82, 2.24) is 0 Å². The van der Waals surface area contributed by atoms with Gasteiger partial charge in [-0.05, 0) is 32.1 Å². The second kappa shape index (κ2) is 16.3. The van der Waals surface area contributed by atoms with Gasteiger partial charge in [-0.25, -0.2) is 0 Å². The molecule has 0 bridgehead atoms. The van der Waals surface area contributed by atoms with Crippen LogP contribution in [0.1, 0.15) is 96.8 Å². The number of aliphatic carboxylic acids is 1. The van der Waals surface area contributed by atoms with Crippen LogP contribution < -0.4 is 0 Å². The first-order valence-corrected chi connectivity index (χ1v) is 8.64. The van der Waals surface area contributed by atoms with Crippen molar-refractivity contribution < 1.29 is 9.90 Å². The maximum absolute atomic E-state index is 10.3. The van der Waals surface area contributed by atoms with E-state index in [9.17, 15) is 4.79 Å². The molecule has 0 saturated carbocycles. The largest absolute Gasteiger partial charge is 0.481 e. The molecule has 2 heteroatoms. The molecule has 0 aliphatic carbocycles. The highest BCUT2D eigenvalue weighted by molar-refractivity contribution is 5.66. The van der Waals surface area contributed by atoms with Crippen LogP contribution in [0.4, 0.5) is 0 Å². The lowest BCUT2D eigenvalue weighted by atomic mass is 10.1. The lowest BCUT2D eigenvalue weighted by molar-refractivity contribution is -0.137. The summed E-state index contributed by atoms with van der Waals surface area (Å²) in [5.41, 5.74) is 0. The number of carboxylic acid groups (broad SMARTS) is 1. The molecule has 0 amide bonds. The summed E-state index contributed by atoms with van der Waals surface area (Å²) < 4.78 is 0. The topological polar surface area (TPSA) is 37.3 Å². The fourth-order valence-corrected chi connectivity index (χ4v) is 2.35. The monoisotopic (exact) mass is 283 g/mol. The van der Waals surface area contributed by atoms with Gasteiger partial charge < -0.3 is 5.11 Å². The van der Waals surface area contributed by atoms with Crippen LogP contribution in [0.25, 0.3) is 0 Å². The van der Waals surface area contributed by atoms with Crippen molar-refractivity contribution in [1.29, 1.82) is 0 Å². The highest BCUT2D eigenvalue weighted by Crippen LogP contribution is 2.10. The minimum Gasteiger partial charge on any atom is -0.481 e. The number of hydrogen-bond donors (Lipinski definition) is 1. The fourth-order valence-electron chi connectivity index (χ4n) is 2.35. The molecule has 0 atom stereocenters. The van der Waals surface area contributed by atoms with E-state index in [0.29, 0.717) is 6.42 Å². The average Bonchev–Trinajstić information content (AvgIpc) is 2.43. The van der Waals surface area contributed by atoms with Crippen molar-refractivity contribution in [2.45, 2.75) is 96.8 Å². The van der Waals surface area contributed by atoms with Crippen molar-refractivity contribution in [2.24, 2.45) is 0 Å². The van der Waals surface area contributed by atoms with E-state index in [1.807, 2.05) is 0 Å². The summed E-state index contributed by atoms with van der Waals surface area (Å²) in [6.07, 6.45) is 21.2. The molecular formula is C18H34O2.